The van der Waals surface area contributed by atoms with Crippen molar-refractivity contribution in [2.24, 2.45) is 0 Å². The van der Waals surface area contributed by atoms with Crippen molar-refractivity contribution in [3.8, 4) is 0 Å². The van der Waals surface area contributed by atoms with Crippen molar-refractivity contribution in [3.63, 3.8) is 0 Å². The summed E-state index contributed by atoms with van der Waals surface area (Å²) in [6.07, 6.45) is 3.99. The summed E-state index contributed by atoms with van der Waals surface area (Å²) in [6.45, 7) is 11.2. The summed E-state index contributed by atoms with van der Waals surface area (Å²) in [5.41, 5.74) is 1.29. The number of hydrogen-bond acceptors (Lipinski definition) is 1. The Labute approximate surface area is 70.9 Å². The van der Waals surface area contributed by atoms with Gasteiger partial charge in [-0.3, -0.25) is 0 Å². The van der Waals surface area contributed by atoms with Gasteiger partial charge in [0, 0.05) is 6.04 Å². The number of hydrogen-bond donors (Lipinski definition) is 1. The van der Waals surface area contributed by atoms with Crippen LogP contribution in [0, 0.1) is 0 Å². The Morgan fingerprint density at radius 2 is 2.00 bits per heavy atom. The van der Waals surface area contributed by atoms with Crippen LogP contribution in [-0.2, 0) is 0 Å². The average molecular weight is 155 g/mol. The highest BCUT2D eigenvalue weighted by molar-refractivity contribution is 5.02. The molecule has 1 aliphatic rings. The van der Waals surface area contributed by atoms with Crippen LogP contribution >= 0.6 is 0 Å². The average Bonchev–Trinajstić information content (AvgIpc) is 2.10. The summed E-state index contributed by atoms with van der Waals surface area (Å²) >= 11 is 0. The third kappa shape index (κ3) is 4.20. The van der Waals surface area contributed by atoms with Crippen LogP contribution in [0.2, 0.25) is 0 Å². The third-order valence-corrected chi connectivity index (χ3v) is 1.91. The van der Waals surface area contributed by atoms with Gasteiger partial charge in [-0.15, -0.1) is 0 Å². The predicted octanol–water partition coefficient (Wildman–Crippen LogP) is 2.73. The van der Waals surface area contributed by atoms with E-state index >= 15 is 0 Å². The van der Waals surface area contributed by atoms with Gasteiger partial charge in [0.25, 0.3) is 0 Å². The van der Waals surface area contributed by atoms with E-state index in [9.17, 15) is 0 Å². The first kappa shape index (κ1) is 10.7. The molecule has 1 heterocycles. The van der Waals surface area contributed by atoms with Gasteiger partial charge in [0.05, 0.1) is 0 Å². The van der Waals surface area contributed by atoms with Gasteiger partial charge in [0.2, 0.25) is 0 Å². The summed E-state index contributed by atoms with van der Waals surface area (Å²) in [6, 6.07) is 0.610. The maximum absolute atomic E-state index is 3.92. The fraction of sp³-hybridized carbons (Fsp3) is 0.800. The molecule has 1 aliphatic heterocycles. The highest BCUT2D eigenvalue weighted by Gasteiger charge is 2.11. The Balaban J connectivity index is 0.000000461. The van der Waals surface area contributed by atoms with E-state index in [0.717, 1.165) is 0 Å². The molecule has 0 aromatic carbocycles. The summed E-state index contributed by atoms with van der Waals surface area (Å²) in [5.74, 6) is 0. The maximum Gasteiger partial charge on any atom is 0.0274 e. The van der Waals surface area contributed by atoms with Crippen LogP contribution < -0.4 is 5.32 Å². The molecule has 1 N–H and O–H groups in total. The Morgan fingerprint density at radius 1 is 1.36 bits per heavy atom. The standard InChI is InChI=1S/C8H15N.C2H6/c1-7(2)8-5-3-4-6-9-8;1-2/h8-9H,1,3-6H2,2H3;1-2H3/t8-;/m0./s1. The lowest BCUT2D eigenvalue weighted by molar-refractivity contribution is 0.440. The van der Waals surface area contributed by atoms with Gasteiger partial charge in [-0.25, -0.2) is 0 Å². The number of piperidine rings is 1. The lowest BCUT2D eigenvalue weighted by atomic mass is 10.00. The molecule has 66 valence electrons. The first-order chi connectivity index (χ1) is 5.30. The second-order valence-corrected chi connectivity index (χ2v) is 2.85. The highest BCUT2D eigenvalue weighted by atomic mass is 14.9. The van der Waals surface area contributed by atoms with Crippen LogP contribution in [-0.4, -0.2) is 12.6 Å². The third-order valence-electron chi connectivity index (χ3n) is 1.91. The van der Waals surface area contributed by atoms with Gasteiger partial charge in [-0.2, -0.15) is 0 Å². The van der Waals surface area contributed by atoms with Crippen molar-refractivity contribution in [3.05, 3.63) is 12.2 Å². The molecule has 0 spiro atoms. The van der Waals surface area contributed by atoms with Gasteiger partial charge in [-0.1, -0.05) is 32.4 Å². The Morgan fingerprint density at radius 3 is 2.27 bits per heavy atom. The molecule has 0 aromatic rings. The lowest BCUT2D eigenvalue weighted by Crippen LogP contribution is -2.34. The molecule has 0 amide bonds. The summed E-state index contributed by atoms with van der Waals surface area (Å²) < 4.78 is 0. The zero-order chi connectivity index (χ0) is 8.69. The minimum atomic E-state index is 0.610. The monoisotopic (exact) mass is 155 g/mol. The summed E-state index contributed by atoms with van der Waals surface area (Å²) in [5, 5.41) is 3.42. The van der Waals surface area contributed by atoms with E-state index in [1.807, 2.05) is 13.8 Å². The second kappa shape index (κ2) is 6.41. The van der Waals surface area contributed by atoms with Crippen molar-refractivity contribution < 1.29 is 0 Å². The van der Waals surface area contributed by atoms with E-state index in [1.165, 1.54) is 31.4 Å². The zero-order valence-electron chi connectivity index (χ0n) is 8.11. The van der Waals surface area contributed by atoms with Crippen molar-refractivity contribution >= 4 is 0 Å². The van der Waals surface area contributed by atoms with Crippen molar-refractivity contribution in [1.29, 1.82) is 0 Å². The van der Waals surface area contributed by atoms with Crippen LogP contribution in [0.5, 0.6) is 0 Å². The van der Waals surface area contributed by atoms with Crippen LogP contribution in [0.25, 0.3) is 0 Å². The van der Waals surface area contributed by atoms with Gasteiger partial charge in [-0.05, 0) is 26.3 Å². The van der Waals surface area contributed by atoms with Gasteiger partial charge >= 0.3 is 0 Å². The molecule has 0 bridgehead atoms. The molecule has 0 aliphatic carbocycles. The molecule has 1 heteroatoms. The Hall–Kier alpha value is -0.300. The first-order valence-corrected chi connectivity index (χ1v) is 4.69. The minimum absolute atomic E-state index is 0.610. The quantitative estimate of drug-likeness (QED) is 0.574. The van der Waals surface area contributed by atoms with E-state index in [2.05, 4.69) is 18.8 Å². The number of nitrogens with one attached hydrogen (secondary N) is 1. The van der Waals surface area contributed by atoms with Crippen LogP contribution in [0.1, 0.15) is 40.0 Å². The van der Waals surface area contributed by atoms with Crippen molar-refractivity contribution in [2.45, 2.75) is 46.1 Å². The minimum Gasteiger partial charge on any atom is -0.310 e. The smallest absolute Gasteiger partial charge is 0.0274 e. The van der Waals surface area contributed by atoms with Gasteiger partial charge in [0.1, 0.15) is 0 Å². The van der Waals surface area contributed by atoms with E-state index in [-0.39, 0.29) is 0 Å². The first-order valence-electron chi connectivity index (χ1n) is 4.69. The largest absolute Gasteiger partial charge is 0.310 e. The topological polar surface area (TPSA) is 12.0 Å². The van der Waals surface area contributed by atoms with Gasteiger partial charge < -0.3 is 5.32 Å². The molecule has 1 atom stereocenters. The predicted molar refractivity (Wildman–Crippen MR) is 51.8 cm³/mol. The Bertz CT molecular complexity index is 101. The lowest BCUT2D eigenvalue weighted by Gasteiger charge is -2.23. The normalized spacial score (nSPS) is 23.4. The molecule has 0 radical (unpaired) electrons. The highest BCUT2D eigenvalue weighted by Crippen LogP contribution is 2.11. The molecule has 0 saturated carbocycles. The fourth-order valence-corrected chi connectivity index (χ4v) is 1.27. The molecule has 1 rings (SSSR count). The van der Waals surface area contributed by atoms with E-state index in [1.54, 1.807) is 0 Å². The van der Waals surface area contributed by atoms with E-state index in [0.29, 0.717) is 6.04 Å². The Kier molecular flexibility index (Phi) is 6.24. The molecule has 1 fully saturated rings. The second-order valence-electron chi connectivity index (χ2n) is 2.85. The fourth-order valence-electron chi connectivity index (χ4n) is 1.27. The van der Waals surface area contributed by atoms with Gasteiger partial charge in [0.15, 0.2) is 0 Å². The molecular weight excluding hydrogens is 134 g/mol. The molecule has 11 heavy (non-hydrogen) atoms. The van der Waals surface area contributed by atoms with Crippen molar-refractivity contribution in [1.82, 2.24) is 5.32 Å². The van der Waals surface area contributed by atoms with Crippen LogP contribution in [0.15, 0.2) is 12.2 Å². The van der Waals surface area contributed by atoms with Crippen LogP contribution in [0.3, 0.4) is 0 Å². The molecule has 1 saturated heterocycles. The number of rotatable bonds is 1. The molecule has 0 unspecified atom stereocenters. The maximum atomic E-state index is 3.92. The van der Waals surface area contributed by atoms with Crippen LogP contribution in [0.4, 0.5) is 0 Å². The summed E-state index contributed by atoms with van der Waals surface area (Å²) in [4.78, 5) is 0. The molecular formula is C10H21N. The molecule has 1 nitrogen and oxygen atoms in total. The van der Waals surface area contributed by atoms with E-state index in [4.69, 9.17) is 0 Å². The van der Waals surface area contributed by atoms with Crippen molar-refractivity contribution in [2.75, 3.05) is 6.54 Å². The zero-order valence-corrected chi connectivity index (χ0v) is 8.11. The summed E-state index contributed by atoms with van der Waals surface area (Å²) in [7, 11) is 0. The van der Waals surface area contributed by atoms with E-state index < -0.39 is 0 Å². The SMILES string of the molecule is C=C(C)[C@@H]1CCCCN1.CC. The molecule has 0 aromatic heterocycles.